The van der Waals surface area contributed by atoms with Crippen molar-refractivity contribution in [2.75, 3.05) is 0 Å². The molecule has 1 atom stereocenters. The summed E-state index contributed by atoms with van der Waals surface area (Å²) in [5, 5.41) is 7.08. The van der Waals surface area contributed by atoms with Crippen molar-refractivity contribution in [3.05, 3.63) is 76.0 Å². The Morgan fingerprint density at radius 2 is 1.79 bits per heavy atom. The average Bonchev–Trinajstić information content (AvgIpc) is 2.98. The van der Waals surface area contributed by atoms with Gasteiger partial charge in [-0.15, -0.1) is 0 Å². The molecule has 0 radical (unpaired) electrons. The van der Waals surface area contributed by atoms with Crippen molar-refractivity contribution in [3.8, 4) is 11.3 Å². The predicted molar refractivity (Wildman–Crippen MR) is 96.7 cm³/mol. The third-order valence-corrected chi connectivity index (χ3v) is 4.38. The van der Waals surface area contributed by atoms with Gasteiger partial charge in [-0.25, -0.2) is 0 Å². The summed E-state index contributed by atoms with van der Waals surface area (Å²) >= 11 is 3.41. The second-order valence-corrected chi connectivity index (χ2v) is 6.49. The molecule has 1 unspecified atom stereocenters. The number of halogens is 1. The highest BCUT2D eigenvalue weighted by atomic mass is 79.9. The van der Waals surface area contributed by atoms with Gasteiger partial charge in [0.25, 0.3) is 5.91 Å². The van der Waals surface area contributed by atoms with E-state index in [-0.39, 0.29) is 11.9 Å². The standard InChI is InChI=1S/C19H17BrN2O2/c1-12(14-6-4-3-5-7-14)21-19(23)17-13(2)24-22-18(17)15-8-10-16(20)11-9-15/h3-12H,1-2H3,(H,21,23). The highest BCUT2D eigenvalue weighted by molar-refractivity contribution is 9.10. The summed E-state index contributed by atoms with van der Waals surface area (Å²) in [5.41, 5.74) is 2.91. The van der Waals surface area contributed by atoms with Crippen LogP contribution in [0.5, 0.6) is 0 Å². The third kappa shape index (κ3) is 3.41. The van der Waals surface area contributed by atoms with Gasteiger partial charge in [-0.05, 0) is 31.5 Å². The Labute approximate surface area is 149 Å². The molecule has 0 aliphatic heterocycles. The minimum atomic E-state index is -0.192. The van der Waals surface area contributed by atoms with Crippen molar-refractivity contribution < 1.29 is 9.32 Å². The van der Waals surface area contributed by atoms with Gasteiger partial charge in [-0.2, -0.15) is 0 Å². The molecule has 1 aromatic heterocycles. The average molecular weight is 385 g/mol. The number of amides is 1. The smallest absolute Gasteiger partial charge is 0.257 e. The number of nitrogens with zero attached hydrogens (tertiary/aromatic N) is 1. The van der Waals surface area contributed by atoms with Crippen molar-refractivity contribution in [2.45, 2.75) is 19.9 Å². The molecule has 0 aliphatic rings. The number of hydrogen-bond acceptors (Lipinski definition) is 3. The van der Waals surface area contributed by atoms with E-state index >= 15 is 0 Å². The summed E-state index contributed by atoms with van der Waals surface area (Å²) in [7, 11) is 0. The largest absolute Gasteiger partial charge is 0.360 e. The van der Waals surface area contributed by atoms with Crippen LogP contribution in [0.25, 0.3) is 11.3 Å². The maximum absolute atomic E-state index is 12.8. The van der Waals surface area contributed by atoms with E-state index in [0.29, 0.717) is 17.0 Å². The van der Waals surface area contributed by atoms with E-state index in [0.717, 1.165) is 15.6 Å². The number of aryl methyl sites for hydroxylation is 1. The molecule has 1 amide bonds. The van der Waals surface area contributed by atoms with E-state index in [4.69, 9.17) is 4.52 Å². The van der Waals surface area contributed by atoms with E-state index in [9.17, 15) is 4.79 Å². The van der Waals surface area contributed by atoms with Gasteiger partial charge in [-0.3, -0.25) is 4.79 Å². The lowest BCUT2D eigenvalue weighted by atomic mass is 10.0. The topological polar surface area (TPSA) is 55.1 Å². The Morgan fingerprint density at radius 1 is 1.12 bits per heavy atom. The number of carbonyl (C=O) groups excluding carboxylic acids is 1. The number of rotatable bonds is 4. The van der Waals surface area contributed by atoms with Gasteiger partial charge in [0.15, 0.2) is 0 Å². The zero-order chi connectivity index (χ0) is 17.1. The minimum absolute atomic E-state index is 0.106. The lowest BCUT2D eigenvalue weighted by Gasteiger charge is -2.14. The molecule has 5 heteroatoms. The maximum atomic E-state index is 12.8. The van der Waals surface area contributed by atoms with Crippen LogP contribution < -0.4 is 5.32 Å². The van der Waals surface area contributed by atoms with Gasteiger partial charge in [0.2, 0.25) is 0 Å². The number of nitrogens with one attached hydrogen (secondary N) is 1. The van der Waals surface area contributed by atoms with Crippen LogP contribution in [-0.4, -0.2) is 11.1 Å². The molecule has 1 N–H and O–H groups in total. The summed E-state index contributed by atoms with van der Waals surface area (Å²) in [6.07, 6.45) is 0. The summed E-state index contributed by atoms with van der Waals surface area (Å²) in [5.74, 6) is 0.314. The molecule has 0 bridgehead atoms. The van der Waals surface area contributed by atoms with E-state index in [2.05, 4.69) is 26.4 Å². The van der Waals surface area contributed by atoms with Crippen LogP contribution in [0, 0.1) is 6.92 Å². The first-order chi connectivity index (χ1) is 11.6. The van der Waals surface area contributed by atoms with Gasteiger partial charge >= 0.3 is 0 Å². The normalized spacial score (nSPS) is 12.0. The number of carbonyl (C=O) groups is 1. The van der Waals surface area contributed by atoms with Crippen LogP contribution in [0.2, 0.25) is 0 Å². The fourth-order valence-electron chi connectivity index (χ4n) is 2.54. The molecule has 24 heavy (non-hydrogen) atoms. The lowest BCUT2D eigenvalue weighted by Crippen LogP contribution is -2.27. The predicted octanol–water partition coefficient (Wildman–Crippen LogP) is 4.90. The molecule has 1 heterocycles. The van der Waals surface area contributed by atoms with Gasteiger partial charge in [0.05, 0.1) is 6.04 Å². The molecule has 2 aromatic carbocycles. The molecular weight excluding hydrogens is 368 g/mol. The lowest BCUT2D eigenvalue weighted by molar-refractivity contribution is 0.0939. The first-order valence-corrected chi connectivity index (χ1v) is 8.43. The van der Waals surface area contributed by atoms with Crippen molar-refractivity contribution in [3.63, 3.8) is 0 Å². The SMILES string of the molecule is Cc1onc(-c2ccc(Br)cc2)c1C(=O)NC(C)c1ccccc1. The van der Waals surface area contributed by atoms with E-state index in [1.807, 2.05) is 61.5 Å². The first-order valence-electron chi connectivity index (χ1n) is 7.64. The van der Waals surface area contributed by atoms with E-state index in [1.165, 1.54) is 0 Å². The highest BCUT2D eigenvalue weighted by Gasteiger charge is 2.23. The first kappa shape index (κ1) is 16.5. The van der Waals surface area contributed by atoms with Crippen LogP contribution >= 0.6 is 15.9 Å². The fourth-order valence-corrected chi connectivity index (χ4v) is 2.80. The van der Waals surface area contributed by atoms with E-state index in [1.54, 1.807) is 6.92 Å². The second-order valence-electron chi connectivity index (χ2n) is 5.58. The summed E-state index contributed by atoms with van der Waals surface area (Å²) < 4.78 is 6.23. The maximum Gasteiger partial charge on any atom is 0.257 e. The molecule has 0 spiro atoms. The summed E-state index contributed by atoms with van der Waals surface area (Å²) in [6, 6.07) is 17.4. The quantitative estimate of drug-likeness (QED) is 0.695. The van der Waals surface area contributed by atoms with Crippen LogP contribution in [0.3, 0.4) is 0 Å². The van der Waals surface area contributed by atoms with Crippen LogP contribution in [0.15, 0.2) is 63.6 Å². The Morgan fingerprint density at radius 3 is 2.46 bits per heavy atom. The molecule has 3 aromatic rings. The zero-order valence-electron chi connectivity index (χ0n) is 13.4. The van der Waals surface area contributed by atoms with Crippen LogP contribution in [0.4, 0.5) is 0 Å². The number of hydrogen-bond donors (Lipinski definition) is 1. The Kier molecular flexibility index (Phi) is 4.81. The molecular formula is C19H17BrN2O2. The summed E-state index contributed by atoms with van der Waals surface area (Å²) in [6.45, 7) is 3.70. The second kappa shape index (κ2) is 7.01. The Bertz CT molecular complexity index is 842. The zero-order valence-corrected chi connectivity index (χ0v) is 15.0. The van der Waals surface area contributed by atoms with E-state index < -0.39 is 0 Å². The molecule has 4 nitrogen and oxygen atoms in total. The van der Waals surface area contributed by atoms with Gasteiger partial charge in [0, 0.05) is 10.0 Å². The molecule has 0 aliphatic carbocycles. The van der Waals surface area contributed by atoms with Crippen molar-refractivity contribution in [1.82, 2.24) is 10.5 Å². The van der Waals surface area contributed by atoms with Crippen LogP contribution in [0.1, 0.15) is 34.6 Å². The van der Waals surface area contributed by atoms with Crippen molar-refractivity contribution >= 4 is 21.8 Å². The monoisotopic (exact) mass is 384 g/mol. The fraction of sp³-hybridized carbons (Fsp3) is 0.158. The third-order valence-electron chi connectivity index (χ3n) is 3.85. The van der Waals surface area contributed by atoms with Gasteiger partial charge in [-0.1, -0.05) is 63.6 Å². The molecule has 0 fully saturated rings. The number of benzene rings is 2. The Balaban J connectivity index is 1.88. The van der Waals surface area contributed by atoms with Gasteiger partial charge in [0.1, 0.15) is 17.0 Å². The molecule has 3 rings (SSSR count). The minimum Gasteiger partial charge on any atom is -0.360 e. The molecule has 0 saturated carbocycles. The van der Waals surface area contributed by atoms with Crippen molar-refractivity contribution in [1.29, 1.82) is 0 Å². The van der Waals surface area contributed by atoms with Crippen LogP contribution in [-0.2, 0) is 0 Å². The highest BCUT2D eigenvalue weighted by Crippen LogP contribution is 2.27. The Hall–Kier alpha value is -2.40. The molecule has 0 saturated heterocycles. The number of aromatic nitrogens is 1. The molecule has 122 valence electrons. The van der Waals surface area contributed by atoms with Gasteiger partial charge < -0.3 is 9.84 Å². The van der Waals surface area contributed by atoms with Crippen molar-refractivity contribution in [2.24, 2.45) is 0 Å². The summed E-state index contributed by atoms with van der Waals surface area (Å²) in [4.78, 5) is 12.8.